The third kappa shape index (κ3) is 2.15. The Hall–Kier alpha value is -0.630. The van der Waals surface area contributed by atoms with E-state index >= 15 is 0 Å². The van der Waals surface area contributed by atoms with Crippen molar-refractivity contribution in [1.82, 2.24) is 0 Å². The van der Waals surface area contributed by atoms with Gasteiger partial charge in [-0.1, -0.05) is 6.07 Å². The maximum Gasteiger partial charge on any atom is 0.122 e. The van der Waals surface area contributed by atoms with E-state index in [0.717, 1.165) is 11.5 Å². The number of thioether (sulfide) groups is 1. The number of methoxy groups -OCH3 is 1. The molecule has 0 saturated carbocycles. The number of hydrogen-bond donors (Lipinski definition) is 0. The molecule has 0 aliphatic rings. The lowest BCUT2D eigenvalue weighted by Crippen LogP contribution is -1.88. The van der Waals surface area contributed by atoms with Gasteiger partial charge in [-0.05, 0) is 24.5 Å². The van der Waals surface area contributed by atoms with Gasteiger partial charge in [0.15, 0.2) is 0 Å². The molecular formula is C9H11OS. The molecule has 0 bridgehead atoms. The first-order chi connectivity index (χ1) is 5.38. The second-order valence-electron chi connectivity index (χ2n) is 2.17. The summed E-state index contributed by atoms with van der Waals surface area (Å²) in [6.07, 6.45) is 2.08. The third-order valence-electron chi connectivity index (χ3n) is 1.42. The van der Waals surface area contributed by atoms with Gasteiger partial charge in [-0.2, -0.15) is 11.8 Å². The highest BCUT2D eigenvalue weighted by atomic mass is 32.2. The Kier molecular flexibility index (Phi) is 3.30. The molecule has 0 aromatic heterocycles. The van der Waals surface area contributed by atoms with Crippen molar-refractivity contribution in [2.24, 2.45) is 0 Å². The molecule has 1 aromatic carbocycles. The van der Waals surface area contributed by atoms with Crippen molar-refractivity contribution < 1.29 is 4.74 Å². The van der Waals surface area contributed by atoms with Crippen molar-refractivity contribution in [3.05, 3.63) is 29.8 Å². The zero-order valence-corrected chi connectivity index (χ0v) is 7.57. The monoisotopic (exact) mass is 167 g/mol. The molecule has 0 saturated heterocycles. The maximum atomic E-state index is 5.16. The molecule has 1 rings (SSSR count). The van der Waals surface area contributed by atoms with E-state index in [1.807, 2.05) is 18.2 Å². The van der Waals surface area contributed by atoms with Crippen LogP contribution in [0.2, 0.25) is 0 Å². The van der Waals surface area contributed by atoms with Crippen LogP contribution in [-0.2, 0) is 5.75 Å². The summed E-state index contributed by atoms with van der Waals surface area (Å²) in [6, 6.07) is 8.79. The Morgan fingerprint density at radius 1 is 1.64 bits per heavy atom. The average molecular weight is 167 g/mol. The molecule has 0 spiro atoms. The zero-order chi connectivity index (χ0) is 8.10. The normalized spacial score (nSPS) is 9.64. The largest absolute Gasteiger partial charge is 0.496 e. The molecule has 0 N–H and O–H groups in total. The Morgan fingerprint density at radius 2 is 2.45 bits per heavy atom. The van der Waals surface area contributed by atoms with Gasteiger partial charge in [0.2, 0.25) is 0 Å². The van der Waals surface area contributed by atoms with Gasteiger partial charge in [0.25, 0.3) is 0 Å². The molecule has 11 heavy (non-hydrogen) atoms. The predicted octanol–water partition coefficient (Wildman–Crippen LogP) is 2.36. The van der Waals surface area contributed by atoms with Crippen molar-refractivity contribution in [1.29, 1.82) is 0 Å². The third-order valence-corrected chi connectivity index (χ3v) is 2.02. The fourth-order valence-corrected chi connectivity index (χ4v) is 1.45. The van der Waals surface area contributed by atoms with Gasteiger partial charge in [-0.15, -0.1) is 0 Å². The first-order valence-corrected chi connectivity index (χ1v) is 4.79. The second kappa shape index (κ2) is 4.29. The van der Waals surface area contributed by atoms with Crippen LogP contribution in [0.25, 0.3) is 0 Å². The minimum Gasteiger partial charge on any atom is -0.496 e. The van der Waals surface area contributed by atoms with Crippen LogP contribution in [0.3, 0.4) is 0 Å². The van der Waals surface area contributed by atoms with Crippen LogP contribution >= 0.6 is 11.8 Å². The average Bonchev–Trinajstić information content (AvgIpc) is 2.06. The van der Waals surface area contributed by atoms with Crippen LogP contribution < -0.4 is 4.74 Å². The molecule has 2 heteroatoms. The quantitative estimate of drug-likeness (QED) is 0.683. The van der Waals surface area contributed by atoms with E-state index < -0.39 is 0 Å². The summed E-state index contributed by atoms with van der Waals surface area (Å²) in [5.41, 5.74) is 1.21. The minimum absolute atomic E-state index is 0.957. The summed E-state index contributed by atoms with van der Waals surface area (Å²) in [6.45, 7) is 0. The number of rotatable bonds is 3. The van der Waals surface area contributed by atoms with Gasteiger partial charge >= 0.3 is 0 Å². The molecule has 0 aliphatic heterocycles. The summed E-state index contributed by atoms with van der Waals surface area (Å²) >= 11 is 1.78. The lowest BCUT2D eigenvalue weighted by molar-refractivity contribution is 0.411. The molecule has 1 nitrogen and oxygen atoms in total. The molecule has 1 radical (unpaired) electrons. The molecule has 0 heterocycles. The highest BCUT2D eigenvalue weighted by Crippen LogP contribution is 2.20. The van der Waals surface area contributed by atoms with Gasteiger partial charge in [-0.25, -0.2) is 0 Å². The predicted molar refractivity (Wildman–Crippen MR) is 49.0 cm³/mol. The van der Waals surface area contributed by atoms with Crippen LogP contribution in [0, 0.1) is 6.07 Å². The van der Waals surface area contributed by atoms with Crippen molar-refractivity contribution in [3.63, 3.8) is 0 Å². The molecule has 0 fully saturated rings. The molecule has 0 unspecified atom stereocenters. The van der Waals surface area contributed by atoms with E-state index in [1.165, 1.54) is 5.56 Å². The van der Waals surface area contributed by atoms with E-state index in [2.05, 4.69) is 12.3 Å². The highest BCUT2D eigenvalue weighted by Gasteiger charge is 1.98. The van der Waals surface area contributed by atoms with E-state index in [9.17, 15) is 0 Å². The number of benzene rings is 1. The number of ether oxygens (including phenoxy) is 1. The first-order valence-electron chi connectivity index (χ1n) is 3.40. The molecule has 0 aliphatic carbocycles. The zero-order valence-electron chi connectivity index (χ0n) is 6.76. The van der Waals surface area contributed by atoms with Crippen molar-refractivity contribution in [2.75, 3.05) is 13.4 Å². The van der Waals surface area contributed by atoms with Gasteiger partial charge in [0, 0.05) is 11.3 Å². The van der Waals surface area contributed by atoms with Crippen molar-refractivity contribution >= 4 is 11.8 Å². The fraction of sp³-hybridized carbons (Fsp3) is 0.333. The van der Waals surface area contributed by atoms with Crippen LogP contribution in [0.4, 0.5) is 0 Å². The van der Waals surface area contributed by atoms with Gasteiger partial charge in [0.1, 0.15) is 5.75 Å². The highest BCUT2D eigenvalue weighted by molar-refractivity contribution is 7.97. The van der Waals surface area contributed by atoms with Crippen LogP contribution in [0.5, 0.6) is 5.75 Å². The molecule has 1 aromatic rings. The molecule has 0 amide bonds. The summed E-state index contributed by atoms with van der Waals surface area (Å²) in [5.74, 6) is 1.94. The number of hydrogen-bond acceptors (Lipinski definition) is 2. The van der Waals surface area contributed by atoms with E-state index in [1.54, 1.807) is 18.9 Å². The Bertz CT molecular complexity index is 223. The fourth-order valence-electron chi connectivity index (χ4n) is 0.918. The van der Waals surface area contributed by atoms with Crippen LogP contribution in [-0.4, -0.2) is 13.4 Å². The van der Waals surface area contributed by atoms with Crippen LogP contribution in [0.15, 0.2) is 18.2 Å². The smallest absolute Gasteiger partial charge is 0.122 e. The summed E-state index contributed by atoms with van der Waals surface area (Å²) < 4.78 is 5.16. The van der Waals surface area contributed by atoms with Gasteiger partial charge in [0.05, 0.1) is 7.11 Å². The summed E-state index contributed by atoms with van der Waals surface area (Å²) in [7, 11) is 1.69. The second-order valence-corrected chi connectivity index (χ2v) is 3.04. The molecule has 59 valence electrons. The summed E-state index contributed by atoms with van der Waals surface area (Å²) in [5, 5.41) is 0. The maximum absolute atomic E-state index is 5.16. The standard InChI is InChI=1S/C9H11OS/c1-10-9-6-4-3-5-8(9)7-11-2/h4-6H,7H2,1-2H3. The van der Waals surface area contributed by atoms with Crippen LogP contribution in [0.1, 0.15) is 5.56 Å². The lowest BCUT2D eigenvalue weighted by Gasteiger charge is -2.04. The Labute approximate surface area is 71.8 Å². The molecular weight excluding hydrogens is 156 g/mol. The Balaban J connectivity index is 2.83. The molecule has 0 atom stereocenters. The first kappa shape index (κ1) is 8.47. The van der Waals surface area contributed by atoms with E-state index in [-0.39, 0.29) is 0 Å². The van der Waals surface area contributed by atoms with Crippen molar-refractivity contribution in [2.45, 2.75) is 5.75 Å². The van der Waals surface area contributed by atoms with E-state index in [0.29, 0.717) is 0 Å². The van der Waals surface area contributed by atoms with Crippen molar-refractivity contribution in [3.8, 4) is 5.75 Å². The minimum atomic E-state index is 0.957. The lowest BCUT2D eigenvalue weighted by atomic mass is 10.2. The Morgan fingerprint density at radius 3 is 3.09 bits per heavy atom. The topological polar surface area (TPSA) is 9.23 Å². The summed E-state index contributed by atoms with van der Waals surface area (Å²) in [4.78, 5) is 0. The van der Waals surface area contributed by atoms with Gasteiger partial charge in [-0.3, -0.25) is 0 Å². The van der Waals surface area contributed by atoms with E-state index in [4.69, 9.17) is 4.74 Å². The SMILES string of the molecule is COc1cc[c]cc1CSC. The van der Waals surface area contributed by atoms with Gasteiger partial charge < -0.3 is 4.74 Å².